The van der Waals surface area contributed by atoms with Gasteiger partial charge in [-0.25, -0.2) is 8.42 Å². The molecule has 0 saturated carbocycles. The number of benzene rings is 2. The van der Waals surface area contributed by atoms with Crippen LogP contribution in [0.2, 0.25) is 0 Å². The average molecular weight is 415 g/mol. The number of sulfone groups is 1. The molecule has 0 saturated heterocycles. The van der Waals surface area contributed by atoms with Crippen LogP contribution in [-0.4, -0.2) is 51.8 Å². The predicted octanol–water partition coefficient (Wildman–Crippen LogP) is 2.89. The molecule has 1 atom stereocenters. The number of ether oxygens (including phenoxy) is 2. The zero-order valence-corrected chi connectivity index (χ0v) is 16.9. The molecule has 29 heavy (non-hydrogen) atoms. The first-order chi connectivity index (χ1) is 13.8. The van der Waals surface area contributed by atoms with Gasteiger partial charge in [0.2, 0.25) is 0 Å². The van der Waals surface area contributed by atoms with E-state index in [2.05, 4.69) is 0 Å². The Morgan fingerprint density at radius 3 is 2.55 bits per heavy atom. The number of carbonyl (C=O) groups is 1. The minimum absolute atomic E-state index is 0.0382. The largest absolute Gasteiger partial charge is 0.486 e. The van der Waals surface area contributed by atoms with Crippen molar-refractivity contribution in [2.75, 3.05) is 26.5 Å². The van der Waals surface area contributed by atoms with Crippen molar-refractivity contribution in [3.63, 3.8) is 0 Å². The minimum Gasteiger partial charge on any atom is -0.486 e. The van der Waals surface area contributed by atoms with Gasteiger partial charge in [0.25, 0.3) is 5.91 Å². The topological polar surface area (TPSA) is 86.1 Å². The Labute approximate surface area is 168 Å². The number of amides is 1. The number of furan rings is 1. The molecule has 8 heteroatoms. The maximum absolute atomic E-state index is 13.1. The van der Waals surface area contributed by atoms with Gasteiger partial charge >= 0.3 is 0 Å². The summed E-state index contributed by atoms with van der Waals surface area (Å²) in [6.45, 7) is 0.577. The fourth-order valence-corrected chi connectivity index (χ4v) is 4.20. The summed E-state index contributed by atoms with van der Waals surface area (Å²) in [4.78, 5) is 14.5. The van der Waals surface area contributed by atoms with Crippen LogP contribution in [0.25, 0.3) is 11.0 Å². The van der Waals surface area contributed by atoms with Crippen LogP contribution in [0.4, 0.5) is 0 Å². The van der Waals surface area contributed by atoms with Gasteiger partial charge in [-0.1, -0.05) is 30.3 Å². The monoisotopic (exact) mass is 415 g/mol. The van der Waals surface area contributed by atoms with Crippen LogP contribution in [0.5, 0.6) is 11.5 Å². The molecule has 0 N–H and O–H groups in total. The fraction of sp³-hybridized carbons (Fsp3) is 0.286. The highest BCUT2D eigenvalue weighted by Gasteiger charge is 2.29. The third-order valence-electron chi connectivity index (χ3n) is 4.69. The number of hydrogen-bond donors (Lipinski definition) is 0. The number of rotatable bonds is 5. The Balaban J connectivity index is 1.58. The van der Waals surface area contributed by atoms with Crippen molar-refractivity contribution >= 4 is 26.7 Å². The lowest BCUT2D eigenvalue weighted by Crippen LogP contribution is -2.41. The molecule has 1 unspecified atom stereocenters. The molecule has 0 radical (unpaired) electrons. The predicted molar refractivity (Wildman–Crippen MR) is 108 cm³/mol. The highest BCUT2D eigenvalue weighted by molar-refractivity contribution is 7.89. The molecule has 0 fully saturated rings. The maximum atomic E-state index is 13.1. The van der Waals surface area contributed by atoms with E-state index in [0.717, 1.165) is 6.26 Å². The summed E-state index contributed by atoms with van der Waals surface area (Å²) in [5.41, 5.74) is 0.861. The molecule has 1 aliphatic heterocycles. The van der Waals surface area contributed by atoms with E-state index >= 15 is 0 Å². The highest BCUT2D eigenvalue weighted by atomic mass is 32.2. The van der Waals surface area contributed by atoms with Crippen molar-refractivity contribution in [1.82, 2.24) is 4.90 Å². The fourth-order valence-electron chi connectivity index (χ4n) is 3.39. The third-order valence-corrected chi connectivity index (χ3v) is 5.50. The van der Waals surface area contributed by atoms with E-state index in [9.17, 15) is 13.2 Å². The molecule has 0 aliphatic carbocycles. The van der Waals surface area contributed by atoms with Crippen LogP contribution < -0.4 is 9.47 Å². The number of fused-ring (bicyclic) bond motifs is 2. The molecule has 1 amide bonds. The van der Waals surface area contributed by atoms with Crippen LogP contribution in [0, 0.1) is 0 Å². The van der Waals surface area contributed by atoms with Gasteiger partial charge in [0.15, 0.2) is 33.2 Å². The zero-order chi connectivity index (χ0) is 20.6. The summed E-state index contributed by atoms with van der Waals surface area (Å²) in [5, 5.41) is 0.626. The smallest absolute Gasteiger partial charge is 0.289 e. The van der Waals surface area contributed by atoms with Crippen molar-refractivity contribution in [3.8, 4) is 11.5 Å². The van der Waals surface area contributed by atoms with Gasteiger partial charge in [-0.3, -0.25) is 4.79 Å². The molecule has 0 spiro atoms. The summed E-state index contributed by atoms with van der Waals surface area (Å²) in [6, 6.07) is 14.4. The second kappa shape index (κ2) is 7.44. The highest BCUT2D eigenvalue weighted by Crippen LogP contribution is 2.32. The minimum atomic E-state index is -3.36. The average Bonchev–Trinajstić information content (AvgIpc) is 3.04. The lowest BCUT2D eigenvalue weighted by atomic mass is 10.1. The third kappa shape index (κ3) is 4.07. The summed E-state index contributed by atoms with van der Waals surface area (Å²) in [6.07, 6.45) is 0.791. The van der Waals surface area contributed by atoms with E-state index in [1.54, 1.807) is 31.3 Å². The first-order valence-corrected chi connectivity index (χ1v) is 11.2. The SMILES string of the molecule is CN(CC1COc2ccccc2O1)C(=O)c1oc2ccccc2c1CS(C)(=O)=O. The Morgan fingerprint density at radius 2 is 1.79 bits per heavy atom. The Bertz CT molecular complexity index is 1170. The van der Waals surface area contributed by atoms with Gasteiger partial charge in [0.05, 0.1) is 12.3 Å². The number of para-hydroxylation sites is 3. The van der Waals surface area contributed by atoms with Crippen LogP contribution >= 0.6 is 0 Å². The Kier molecular flexibility index (Phi) is 4.96. The standard InChI is InChI=1S/C21H21NO6S/c1-22(11-14-12-26-18-9-5-6-10-19(18)27-14)21(23)20-16(13-29(2,24)25)15-7-3-4-8-17(15)28-20/h3-10,14H,11-13H2,1-2H3. The van der Waals surface area contributed by atoms with Gasteiger partial charge in [0.1, 0.15) is 12.2 Å². The summed E-state index contributed by atoms with van der Waals surface area (Å²) in [5.74, 6) is 0.671. The number of nitrogens with zero attached hydrogens (tertiary/aromatic N) is 1. The van der Waals surface area contributed by atoms with E-state index in [-0.39, 0.29) is 24.2 Å². The molecular weight excluding hydrogens is 394 g/mol. The molecule has 4 rings (SSSR count). The first kappa shape index (κ1) is 19.3. The van der Waals surface area contributed by atoms with E-state index < -0.39 is 15.7 Å². The lowest BCUT2D eigenvalue weighted by molar-refractivity contribution is 0.0502. The molecule has 2 aromatic carbocycles. The summed E-state index contributed by atoms with van der Waals surface area (Å²) in [7, 11) is -1.73. The first-order valence-electron chi connectivity index (χ1n) is 9.14. The molecule has 3 aromatic rings. The Morgan fingerprint density at radius 1 is 1.10 bits per heavy atom. The van der Waals surface area contributed by atoms with Crippen molar-refractivity contribution in [2.45, 2.75) is 11.9 Å². The maximum Gasteiger partial charge on any atom is 0.289 e. The van der Waals surface area contributed by atoms with E-state index in [1.165, 1.54) is 4.90 Å². The zero-order valence-electron chi connectivity index (χ0n) is 16.1. The number of carbonyl (C=O) groups excluding carboxylic acids is 1. The Hall–Kier alpha value is -3.00. The summed E-state index contributed by atoms with van der Waals surface area (Å²) < 4.78 is 41.2. The molecule has 0 bridgehead atoms. The van der Waals surface area contributed by atoms with E-state index in [0.29, 0.717) is 34.6 Å². The van der Waals surface area contributed by atoms with Crippen molar-refractivity contribution in [2.24, 2.45) is 0 Å². The second-order valence-electron chi connectivity index (χ2n) is 7.16. The molecular formula is C21H21NO6S. The van der Waals surface area contributed by atoms with Crippen molar-refractivity contribution in [1.29, 1.82) is 0 Å². The van der Waals surface area contributed by atoms with Crippen LogP contribution in [-0.2, 0) is 15.6 Å². The van der Waals surface area contributed by atoms with Gasteiger partial charge in [0, 0.05) is 24.3 Å². The van der Waals surface area contributed by atoms with E-state index in [4.69, 9.17) is 13.9 Å². The van der Waals surface area contributed by atoms with E-state index in [1.807, 2.05) is 24.3 Å². The summed E-state index contributed by atoms with van der Waals surface area (Å²) >= 11 is 0. The van der Waals surface area contributed by atoms with Crippen molar-refractivity contribution in [3.05, 3.63) is 59.9 Å². The van der Waals surface area contributed by atoms with Crippen LogP contribution in [0.15, 0.2) is 52.9 Å². The second-order valence-corrected chi connectivity index (χ2v) is 9.30. The van der Waals surface area contributed by atoms with Gasteiger partial charge in [-0.15, -0.1) is 0 Å². The quantitative estimate of drug-likeness (QED) is 0.637. The molecule has 1 aromatic heterocycles. The van der Waals surface area contributed by atoms with Gasteiger partial charge in [-0.2, -0.15) is 0 Å². The molecule has 152 valence electrons. The van der Waals surface area contributed by atoms with Crippen LogP contribution in [0.3, 0.4) is 0 Å². The lowest BCUT2D eigenvalue weighted by Gasteiger charge is -2.29. The number of likely N-dealkylation sites (N-methyl/N-ethyl adjacent to an activating group) is 1. The van der Waals surface area contributed by atoms with Gasteiger partial charge in [-0.05, 0) is 18.2 Å². The molecule has 2 heterocycles. The van der Waals surface area contributed by atoms with Crippen molar-refractivity contribution < 1.29 is 27.1 Å². The molecule has 1 aliphatic rings. The van der Waals surface area contributed by atoms with Crippen LogP contribution in [0.1, 0.15) is 16.1 Å². The normalized spacial score (nSPS) is 16.0. The van der Waals surface area contributed by atoms with Gasteiger partial charge < -0.3 is 18.8 Å². The number of hydrogen-bond acceptors (Lipinski definition) is 6. The molecule has 7 nitrogen and oxygen atoms in total.